The molecule has 1 saturated heterocycles. The molecule has 1 atom stereocenters. The fourth-order valence-corrected chi connectivity index (χ4v) is 2.19. The summed E-state index contributed by atoms with van der Waals surface area (Å²) in [4.78, 5) is 11.6. The standard InChI is InChI=1S/C6H11BrN2O2/c1-5(2)4-6(3,7)9(11)8(5)10/h4H2,1-3H3. The maximum absolute atomic E-state index is 11.1. The van der Waals surface area contributed by atoms with E-state index in [1.165, 1.54) is 0 Å². The molecule has 1 unspecified atom stereocenters. The van der Waals surface area contributed by atoms with Crippen molar-refractivity contribution in [3.63, 3.8) is 0 Å². The predicted octanol–water partition coefficient (Wildman–Crippen LogP) is 1.77. The summed E-state index contributed by atoms with van der Waals surface area (Å²) in [5.41, 5.74) is -0.597. The number of alkyl halides is 1. The number of hydroxylamine groups is 1. The molecule has 1 aliphatic heterocycles. The van der Waals surface area contributed by atoms with Gasteiger partial charge in [0, 0.05) is 22.9 Å². The van der Waals surface area contributed by atoms with Gasteiger partial charge < -0.3 is 5.21 Å². The van der Waals surface area contributed by atoms with E-state index in [0.29, 0.717) is 16.5 Å². The van der Waals surface area contributed by atoms with Crippen LogP contribution in [-0.2, 0) is 0 Å². The molecule has 0 radical (unpaired) electrons. The van der Waals surface area contributed by atoms with Crippen molar-refractivity contribution in [1.29, 1.82) is 0 Å². The Morgan fingerprint density at radius 2 is 2.00 bits per heavy atom. The summed E-state index contributed by atoms with van der Waals surface area (Å²) in [6, 6.07) is 0. The molecule has 0 aliphatic carbocycles. The van der Waals surface area contributed by atoms with Crippen LogP contribution in [0.15, 0.2) is 0 Å². The summed E-state index contributed by atoms with van der Waals surface area (Å²) in [6.07, 6.45) is 0.521. The van der Waals surface area contributed by atoms with Crippen LogP contribution in [0.2, 0.25) is 0 Å². The summed E-state index contributed by atoms with van der Waals surface area (Å²) in [7, 11) is 0. The molecule has 0 spiro atoms. The molecular weight excluding hydrogens is 212 g/mol. The molecule has 4 nitrogen and oxygen atoms in total. The molecule has 11 heavy (non-hydrogen) atoms. The highest BCUT2D eigenvalue weighted by Crippen LogP contribution is 2.40. The van der Waals surface area contributed by atoms with Crippen LogP contribution in [0, 0.1) is 10.1 Å². The van der Waals surface area contributed by atoms with Gasteiger partial charge in [-0.1, -0.05) is 0 Å². The second kappa shape index (κ2) is 2.17. The molecule has 1 fully saturated rings. The Labute approximate surface area is 73.8 Å². The highest BCUT2D eigenvalue weighted by molar-refractivity contribution is 9.10. The third-order valence-electron chi connectivity index (χ3n) is 1.84. The van der Waals surface area contributed by atoms with Crippen molar-refractivity contribution in [2.24, 2.45) is 0 Å². The van der Waals surface area contributed by atoms with Gasteiger partial charge >= 0.3 is 0 Å². The molecule has 0 aromatic heterocycles. The molecule has 0 aromatic rings. The highest BCUT2D eigenvalue weighted by Gasteiger charge is 2.55. The first-order valence-electron chi connectivity index (χ1n) is 3.41. The average molecular weight is 223 g/mol. The van der Waals surface area contributed by atoms with Gasteiger partial charge in [0.15, 0.2) is 0 Å². The SMILES string of the molecule is CC1(C)CC(C)(Br)[N+](=O)N1[O-]. The Morgan fingerprint density at radius 1 is 1.55 bits per heavy atom. The summed E-state index contributed by atoms with van der Waals surface area (Å²) < 4.78 is -0.738. The van der Waals surface area contributed by atoms with E-state index < -0.39 is 9.99 Å². The summed E-state index contributed by atoms with van der Waals surface area (Å²) >= 11 is 3.20. The summed E-state index contributed by atoms with van der Waals surface area (Å²) in [5, 5.41) is 11.6. The molecule has 1 aliphatic rings. The van der Waals surface area contributed by atoms with Gasteiger partial charge in [-0.15, -0.1) is 0 Å². The van der Waals surface area contributed by atoms with Crippen LogP contribution >= 0.6 is 15.9 Å². The third-order valence-corrected chi connectivity index (χ3v) is 2.42. The smallest absolute Gasteiger partial charge is 0.294 e. The largest absolute Gasteiger partial charge is 0.704 e. The van der Waals surface area contributed by atoms with Crippen LogP contribution in [-0.4, -0.2) is 20.0 Å². The Morgan fingerprint density at radius 3 is 2.09 bits per heavy atom. The molecule has 5 heteroatoms. The number of nitroso groups, excluding NO2 is 1. The van der Waals surface area contributed by atoms with Gasteiger partial charge in [0.25, 0.3) is 4.45 Å². The molecule has 1 rings (SSSR count). The number of nitrogens with zero attached hydrogens (tertiary/aromatic N) is 2. The van der Waals surface area contributed by atoms with Crippen LogP contribution in [0.3, 0.4) is 0 Å². The maximum atomic E-state index is 11.1. The third kappa shape index (κ3) is 1.27. The summed E-state index contributed by atoms with van der Waals surface area (Å²) in [6.45, 7) is 5.19. The Balaban J connectivity index is 2.96. The summed E-state index contributed by atoms with van der Waals surface area (Å²) in [5.74, 6) is 0. The lowest BCUT2D eigenvalue weighted by atomic mass is 10.00. The normalized spacial score (nSPS) is 36.5. The van der Waals surface area contributed by atoms with Gasteiger partial charge in [-0.2, -0.15) is 5.17 Å². The van der Waals surface area contributed by atoms with Crippen molar-refractivity contribution in [3.8, 4) is 0 Å². The number of rotatable bonds is 0. The minimum atomic E-state index is -0.738. The molecule has 0 saturated carbocycles. The van der Waals surface area contributed by atoms with Crippen LogP contribution in [0.4, 0.5) is 0 Å². The van der Waals surface area contributed by atoms with Gasteiger partial charge in [0.2, 0.25) is 0 Å². The Kier molecular flexibility index (Phi) is 1.76. The fraction of sp³-hybridized carbons (Fsp3) is 1.00. The van der Waals surface area contributed by atoms with Crippen LogP contribution in [0.25, 0.3) is 0 Å². The van der Waals surface area contributed by atoms with Gasteiger partial charge in [-0.05, 0) is 13.8 Å². The molecule has 0 amide bonds. The van der Waals surface area contributed by atoms with E-state index in [0.717, 1.165) is 0 Å². The number of hydrogen-bond acceptors (Lipinski definition) is 2. The Hall–Kier alpha value is -0.160. The lowest BCUT2D eigenvalue weighted by molar-refractivity contribution is -0.712. The Bertz CT molecular complexity index is 203. The first-order chi connectivity index (χ1) is 4.77. The second-order valence-corrected chi connectivity index (χ2v) is 5.39. The molecule has 0 aromatic carbocycles. The van der Waals surface area contributed by atoms with Gasteiger partial charge in [-0.25, -0.2) is 0 Å². The highest BCUT2D eigenvalue weighted by atomic mass is 79.9. The quantitative estimate of drug-likeness (QED) is 0.357. The zero-order chi connectivity index (χ0) is 8.86. The van der Waals surface area contributed by atoms with E-state index >= 15 is 0 Å². The fourth-order valence-electron chi connectivity index (χ4n) is 1.36. The van der Waals surface area contributed by atoms with E-state index in [9.17, 15) is 10.1 Å². The number of hydrazine groups is 1. The zero-order valence-electron chi connectivity index (χ0n) is 6.80. The van der Waals surface area contributed by atoms with Crippen LogP contribution in [0.5, 0.6) is 0 Å². The van der Waals surface area contributed by atoms with Crippen molar-refractivity contribution >= 4 is 15.9 Å². The second-order valence-electron chi connectivity index (χ2n) is 3.68. The molecular formula is C6H11BrN2O2. The lowest BCUT2D eigenvalue weighted by Crippen LogP contribution is -2.37. The van der Waals surface area contributed by atoms with E-state index in [1.54, 1.807) is 20.8 Å². The molecule has 64 valence electrons. The van der Waals surface area contributed by atoms with E-state index in [2.05, 4.69) is 15.9 Å². The van der Waals surface area contributed by atoms with Crippen molar-refractivity contribution in [2.75, 3.05) is 0 Å². The zero-order valence-corrected chi connectivity index (χ0v) is 8.38. The molecule has 1 heterocycles. The first-order valence-corrected chi connectivity index (χ1v) is 4.20. The van der Waals surface area contributed by atoms with E-state index in [4.69, 9.17) is 0 Å². The minimum absolute atomic E-state index is 0.438. The minimum Gasteiger partial charge on any atom is -0.704 e. The number of hydrogen-bond donors (Lipinski definition) is 0. The van der Waals surface area contributed by atoms with Crippen LogP contribution in [0.1, 0.15) is 27.2 Å². The topological polar surface area (TPSA) is 46.4 Å². The van der Waals surface area contributed by atoms with Gasteiger partial charge in [-0.3, -0.25) is 0 Å². The number of halogens is 1. The van der Waals surface area contributed by atoms with E-state index in [-0.39, 0.29) is 0 Å². The van der Waals surface area contributed by atoms with Crippen molar-refractivity contribution < 1.29 is 4.87 Å². The molecule has 0 N–H and O–H groups in total. The monoisotopic (exact) mass is 222 g/mol. The van der Waals surface area contributed by atoms with Crippen molar-refractivity contribution in [1.82, 2.24) is 5.17 Å². The van der Waals surface area contributed by atoms with E-state index in [1.807, 2.05) is 0 Å². The predicted molar refractivity (Wildman–Crippen MR) is 44.9 cm³/mol. The first kappa shape index (κ1) is 8.93. The van der Waals surface area contributed by atoms with Gasteiger partial charge in [0.1, 0.15) is 4.87 Å². The van der Waals surface area contributed by atoms with Crippen LogP contribution < -0.4 is 0 Å². The maximum Gasteiger partial charge on any atom is 0.294 e. The lowest BCUT2D eigenvalue weighted by Gasteiger charge is -2.26. The van der Waals surface area contributed by atoms with Crippen molar-refractivity contribution in [3.05, 3.63) is 10.1 Å². The van der Waals surface area contributed by atoms with Crippen molar-refractivity contribution in [2.45, 2.75) is 37.2 Å². The average Bonchev–Trinajstić information content (AvgIpc) is 1.91. The van der Waals surface area contributed by atoms with Gasteiger partial charge in [0.05, 0.1) is 16.9 Å². The molecule has 0 bridgehead atoms.